The van der Waals surface area contributed by atoms with Crippen LogP contribution in [0.25, 0.3) is 0 Å². The molecule has 0 unspecified atom stereocenters. The molecule has 0 atom stereocenters. The molecule has 1 rings (SSSR count). The molecule has 4 heteroatoms. The number of carbonyl (C=O) groups is 1. The second-order valence-corrected chi connectivity index (χ2v) is 2.96. The average Bonchev–Trinajstić information content (AvgIpc) is 2.08. The fraction of sp³-hybridized carbons (Fsp3) is 0.444. The highest BCUT2D eigenvalue weighted by Crippen LogP contribution is 1.98. The van der Waals surface area contributed by atoms with Gasteiger partial charge in [0.25, 0.3) is 0 Å². The summed E-state index contributed by atoms with van der Waals surface area (Å²) in [7, 11) is 0. The zero-order valence-electron chi connectivity index (χ0n) is 7.87. The van der Waals surface area contributed by atoms with Crippen molar-refractivity contribution in [2.75, 3.05) is 11.9 Å². The molecule has 1 N–H and O–H groups in total. The molecule has 0 aliphatic carbocycles. The summed E-state index contributed by atoms with van der Waals surface area (Å²) in [5, 5.41) is 2.96. The Hall–Kier alpha value is -1.45. The minimum atomic E-state index is 0.166. The van der Waals surface area contributed by atoms with Crippen LogP contribution in [0.2, 0.25) is 0 Å². The number of carbonyl (C=O) groups excluding carboxylic acids is 1. The molecule has 0 saturated carbocycles. The van der Waals surface area contributed by atoms with E-state index in [-0.39, 0.29) is 5.78 Å². The molecule has 0 saturated heterocycles. The number of nitrogens with one attached hydrogen (secondary N) is 1. The largest absolute Gasteiger partial charge is 0.354 e. The van der Waals surface area contributed by atoms with E-state index in [0.717, 1.165) is 5.56 Å². The Morgan fingerprint density at radius 1 is 1.46 bits per heavy atom. The van der Waals surface area contributed by atoms with Crippen LogP contribution in [-0.2, 0) is 4.79 Å². The summed E-state index contributed by atoms with van der Waals surface area (Å²) in [6.45, 7) is 4.09. The maximum absolute atomic E-state index is 10.6. The number of hydrogen-bond donors (Lipinski definition) is 1. The molecule has 0 aliphatic heterocycles. The van der Waals surface area contributed by atoms with Crippen molar-refractivity contribution in [3.63, 3.8) is 0 Å². The predicted molar refractivity (Wildman–Crippen MR) is 50.6 cm³/mol. The molecule has 1 heterocycles. The average molecular weight is 179 g/mol. The van der Waals surface area contributed by atoms with Crippen LogP contribution in [0.3, 0.4) is 0 Å². The highest BCUT2D eigenvalue weighted by molar-refractivity contribution is 5.75. The molecule has 0 bridgehead atoms. The van der Waals surface area contributed by atoms with Gasteiger partial charge in [0.15, 0.2) is 0 Å². The molecule has 0 radical (unpaired) electrons. The normalized spacial score (nSPS) is 9.69. The highest BCUT2D eigenvalue weighted by atomic mass is 16.1. The number of anilines is 1. The first kappa shape index (κ1) is 9.64. The van der Waals surface area contributed by atoms with Crippen LogP contribution in [0.15, 0.2) is 12.4 Å². The van der Waals surface area contributed by atoms with Gasteiger partial charge in [0.2, 0.25) is 5.95 Å². The Bertz CT molecular complexity index is 281. The van der Waals surface area contributed by atoms with Gasteiger partial charge in [0.05, 0.1) is 0 Å². The van der Waals surface area contributed by atoms with E-state index < -0.39 is 0 Å². The summed E-state index contributed by atoms with van der Waals surface area (Å²) in [6.07, 6.45) is 3.99. The van der Waals surface area contributed by atoms with Crippen molar-refractivity contribution in [2.45, 2.75) is 20.3 Å². The van der Waals surface area contributed by atoms with Crippen LogP contribution in [0.1, 0.15) is 18.9 Å². The van der Waals surface area contributed by atoms with Crippen molar-refractivity contribution < 1.29 is 4.79 Å². The highest BCUT2D eigenvalue weighted by Gasteiger charge is 1.95. The lowest BCUT2D eigenvalue weighted by atomic mass is 10.3. The maximum atomic E-state index is 10.6. The summed E-state index contributed by atoms with van der Waals surface area (Å²) >= 11 is 0. The Morgan fingerprint density at radius 2 is 2.08 bits per heavy atom. The minimum absolute atomic E-state index is 0.166. The van der Waals surface area contributed by atoms with Gasteiger partial charge in [0, 0.05) is 25.4 Å². The van der Waals surface area contributed by atoms with E-state index in [9.17, 15) is 4.79 Å². The first-order valence-corrected chi connectivity index (χ1v) is 4.20. The summed E-state index contributed by atoms with van der Waals surface area (Å²) in [5.74, 6) is 0.742. The summed E-state index contributed by atoms with van der Waals surface area (Å²) < 4.78 is 0. The maximum Gasteiger partial charge on any atom is 0.222 e. The molecule has 13 heavy (non-hydrogen) atoms. The van der Waals surface area contributed by atoms with Crippen LogP contribution in [0, 0.1) is 6.92 Å². The first-order chi connectivity index (χ1) is 6.18. The molecule has 0 aromatic carbocycles. The molecule has 0 fully saturated rings. The molecule has 1 aromatic heterocycles. The second-order valence-electron chi connectivity index (χ2n) is 2.96. The number of Topliss-reactive ketones (excluding diaryl/α,β-unsaturated/α-hetero) is 1. The van der Waals surface area contributed by atoms with Crippen molar-refractivity contribution in [2.24, 2.45) is 0 Å². The van der Waals surface area contributed by atoms with Gasteiger partial charge < -0.3 is 5.32 Å². The third-order valence-electron chi connectivity index (χ3n) is 1.54. The smallest absolute Gasteiger partial charge is 0.222 e. The SMILES string of the molecule is CC(=O)CCNc1ncc(C)cn1. The number of rotatable bonds is 4. The number of aromatic nitrogens is 2. The fourth-order valence-electron chi connectivity index (χ4n) is 0.834. The van der Waals surface area contributed by atoms with Crippen molar-refractivity contribution >= 4 is 11.7 Å². The molecule has 0 amide bonds. The van der Waals surface area contributed by atoms with E-state index >= 15 is 0 Å². The monoisotopic (exact) mass is 179 g/mol. The van der Waals surface area contributed by atoms with Crippen molar-refractivity contribution in [1.82, 2.24) is 9.97 Å². The Kier molecular flexibility index (Phi) is 3.37. The third kappa shape index (κ3) is 3.64. The van der Waals surface area contributed by atoms with Crippen LogP contribution in [0.5, 0.6) is 0 Å². The van der Waals surface area contributed by atoms with Crippen molar-refractivity contribution in [3.8, 4) is 0 Å². The zero-order valence-corrected chi connectivity index (χ0v) is 7.87. The van der Waals surface area contributed by atoms with Crippen molar-refractivity contribution in [3.05, 3.63) is 18.0 Å². The van der Waals surface area contributed by atoms with Gasteiger partial charge in [-0.25, -0.2) is 9.97 Å². The van der Waals surface area contributed by atoms with Gasteiger partial charge in [-0.3, -0.25) is 4.79 Å². The van der Waals surface area contributed by atoms with Gasteiger partial charge in [-0.2, -0.15) is 0 Å². The summed E-state index contributed by atoms with van der Waals surface area (Å²) in [6, 6.07) is 0. The standard InChI is InChI=1S/C9H13N3O/c1-7-5-11-9(12-6-7)10-4-3-8(2)13/h5-6H,3-4H2,1-2H3,(H,10,11,12). The minimum Gasteiger partial charge on any atom is -0.354 e. The summed E-state index contributed by atoms with van der Waals surface area (Å²) in [4.78, 5) is 18.7. The Morgan fingerprint density at radius 3 is 2.62 bits per heavy atom. The van der Waals surface area contributed by atoms with Gasteiger partial charge in [-0.15, -0.1) is 0 Å². The molecule has 70 valence electrons. The first-order valence-electron chi connectivity index (χ1n) is 4.20. The third-order valence-corrected chi connectivity index (χ3v) is 1.54. The molecule has 1 aromatic rings. The Labute approximate surface area is 77.4 Å². The van der Waals surface area contributed by atoms with E-state index in [4.69, 9.17) is 0 Å². The van der Waals surface area contributed by atoms with Gasteiger partial charge in [-0.05, 0) is 19.4 Å². The lowest BCUT2D eigenvalue weighted by Crippen LogP contribution is -2.08. The molecule has 4 nitrogen and oxygen atoms in total. The van der Waals surface area contributed by atoms with Crippen LogP contribution >= 0.6 is 0 Å². The van der Waals surface area contributed by atoms with Crippen molar-refractivity contribution in [1.29, 1.82) is 0 Å². The molecular weight excluding hydrogens is 166 g/mol. The Balaban J connectivity index is 2.37. The van der Waals surface area contributed by atoms with Crippen LogP contribution < -0.4 is 5.32 Å². The molecular formula is C9H13N3O. The zero-order chi connectivity index (χ0) is 9.68. The number of hydrogen-bond acceptors (Lipinski definition) is 4. The van der Waals surface area contributed by atoms with E-state index in [2.05, 4.69) is 15.3 Å². The van der Waals surface area contributed by atoms with E-state index in [1.165, 1.54) is 0 Å². The quantitative estimate of drug-likeness (QED) is 0.754. The van der Waals surface area contributed by atoms with Crippen LogP contribution in [-0.4, -0.2) is 22.3 Å². The van der Waals surface area contributed by atoms with Crippen LogP contribution in [0.4, 0.5) is 5.95 Å². The van der Waals surface area contributed by atoms with E-state index in [0.29, 0.717) is 18.9 Å². The number of aryl methyl sites for hydroxylation is 1. The number of ketones is 1. The van der Waals surface area contributed by atoms with Gasteiger partial charge in [-0.1, -0.05) is 0 Å². The van der Waals surface area contributed by atoms with Gasteiger partial charge in [0.1, 0.15) is 5.78 Å². The van der Waals surface area contributed by atoms with E-state index in [1.54, 1.807) is 19.3 Å². The topological polar surface area (TPSA) is 54.9 Å². The lowest BCUT2D eigenvalue weighted by Gasteiger charge is -2.01. The van der Waals surface area contributed by atoms with E-state index in [1.807, 2.05) is 6.92 Å². The van der Waals surface area contributed by atoms with Gasteiger partial charge >= 0.3 is 0 Å². The predicted octanol–water partition coefficient (Wildman–Crippen LogP) is 1.18. The second kappa shape index (κ2) is 4.54. The number of nitrogens with zero attached hydrogens (tertiary/aromatic N) is 2. The molecule has 0 aliphatic rings. The fourth-order valence-corrected chi connectivity index (χ4v) is 0.834. The lowest BCUT2D eigenvalue weighted by molar-refractivity contribution is -0.116. The molecule has 0 spiro atoms. The summed E-state index contributed by atoms with van der Waals surface area (Å²) in [5.41, 5.74) is 1.03.